The largest absolute Gasteiger partial charge is 0.121 e. The highest BCUT2D eigenvalue weighted by molar-refractivity contribution is 8.54. The highest BCUT2D eigenvalue weighted by atomic mass is 32.3. The molecule has 0 saturated carbocycles. The van der Waals surface area contributed by atoms with Crippen LogP contribution in [0.25, 0.3) is 0 Å². The molecular weight excluding hydrogens is 2060 g/mol. The second kappa shape index (κ2) is 50.8. The number of rotatable bonds is 42. The lowest BCUT2D eigenvalue weighted by molar-refractivity contribution is 0.707. The zero-order chi connectivity index (χ0) is 73.0. The van der Waals surface area contributed by atoms with E-state index in [4.69, 9.17) is 0 Å². The summed E-state index contributed by atoms with van der Waals surface area (Å²) in [5.41, 5.74) is 0. The van der Waals surface area contributed by atoms with Crippen LogP contribution in [0.15, 0.2) is 136 Å². The van der Waals surface area contributed by atoms with Crippen LogP contribution >= 0.6 is 470 Å². The Kier molecular flexibility index (Phi) is 45.5. The van der Waals surface area contributed by atoms with Crippen molar-refractivity contribution in [1.29, 1.82) is 0 Å². The van der Waals surface area contributed by atoms with Crippen molar-refractivity contribution in [1.82, 2.24) is 0 Å². The molecule has 105 heavy (non-hydrogen) atoms. The molecule has 12 aliphatic rings. The maximum absolute atomic E-state index is 2.32. The first kappa shape index (κ1) is 94.0. The topological polar surface area (TPSA) is 0 Å². The second-order valence-electron chi connectivity index (χ2n) is 21.7. The van der Waals surface area contributed by atoms with Crippen molar-refractivity contribution in [3.63, 3.8) is 0 Å². The molecule has 0 amide bonds. The Labute approximate surface area is 798 Å². The van der Waals surface area contributed by atoms with E-state index in [9.17, 15) is 0 Å². The van der Waals surface area contributed by atoms with Gasteiger partial charge in [0.2, 0.25) is 0 Å². The fourth-order valence-corrected chi connectivity index (χ4v) is 69.8. The van der Waals surface area contributed by atoms with E-state index >= 15 is 0 Å². The summed E-state index contributed by atoms with van der Waals surface area (Å²) in [7, 11) is 0. The molecule has 12 heterocycles. The third-order valence-electron chi connectivity index (χ3n) is 14.3. The number of hydrogen-bond donors (Lipinski definition) is 0. The molecule has 0 radical (unpaired) electrons. The van der Waals surface area contributed by atoms with Crippen molar-refractivity contribution < 1.29 is 0 Å². The average molecular weight is 2140 g/mol. The van der Waals surface area contributed by atoms with Crippen LogP contribution in [0, 0.1) is 0 Å². The van der Waals surface area contributed by atoms with E-state index in [0.29, 0.717) is 0 Å². The van der Waals surface area contributed by atoms with Crippen LogP contribution in [-0.4, -0.2) is 75.8 Å². The normalized spacial score (nSPS) is 21.2. The summed E-state index contributed by atoms with van der Waals surface area (Å²) in [5, 5.41) is 2.99. The van der Waals surface area contributed by atoms with E-state index in [0.717, 1.165) is 15.3 Å². The third-order valence-corrected chi connectivity index (χ3v) is 72.7. The smallest absolute Gasteiger partial charge is 0.0718 e. The van der Waals surface area contributed by atoms with Crippen LogP contribution in [0.2, 0.25) is 0 Å². The summed E-state index contributed by atoms with van der Waals surface area (Å²) in [4.78, 5) is 0. The van der Waals surface area contributed by atoms with E-state index in [-0.39, 0.29) is 0 Å². The van der Waals surface area contributed by atoms with Crippen molar-refractivity contribution in [2.75, 3.05) is 75.8 Å². The minimum Gasteiger partial charge on any atom is -0.121 e. The van der Waals surface area contributed by atoms with Crippen molar-refractivity contribution >= 4 is 470 Å². The van der Waals surface area contributed by atoms with Gasteiger partial charge >= 0.3 is 0 Å². The van der Waals surface area contributed by atoms with Crippen molar-refractivity contribution in [2.24, 2.45) is 0 Å². The van der Waals surface area contributed by atoms with Gasteiger partial charge in [-0.1, -0.05) is 387 Å². The minimum atomic E-state index is 0.989. The molecule has 0 bridgehead atoms. The van der Waals surface area contributed by atoms with Gasteiger partial charge in [-0.05, 0) is 86.2 Å². The highest BCUT2D eigenvalue weighted by Gasteiger charge is 2.41. The minimum absolute atomic E-state index is 0.989. The Balaban J connectivity index is 0.664. The number of hydrogen-bond acceptors (Lipinski definition) is 40. The number of unbranched alkanes of at least 4 members (excludes halogenated alkanes) is 12. The van der Waals surface area contributed by atoms with Crippen molar-refractivity contribution in [3.05, 3.63) is 136 Å². The average Bonchev–Trinajstić information content (AvgIpc) is 1.65. The maximum atomic E-state index is 2.32. The molecule has 0 aromatic carbocycles. The molecule has 576 valence electrons. The summed E-state index contributed by atoms with van der Waals surface area (Å²) in [6.45, 7) is 9.27. The van der Waals surface area contributed by atoms with Crippen LogP contribution in [0.1, 0.15) is 130 Å². The fourth-order valence-electron chi connectivity index (χ4n) is 9.17. The summed E-state index contributed by atoms with van der Waals surface area (Å²) < 4.78 is 47.7. The lowest BCUT2D eigenvalue weighted by Gasteiger charge is -2.08. The Hall–Kier alpha value is 9.84. The molecule has 0 saturated heterocycles. The SMILES string of the molecule is CCCCCCSC1=C(SCCCCCC)SC(=C2SC3=C(SC(=C4SC(SC)=C(SCSC5=C(SCSC6=C(SCSC7=C(SC)SC(=C8SC9=C(S8)SC(=C8SC(SCCCCCC)=C(SCCCCCC)S8)S9)S7)SC(=C7SC(SC)=C(SC)S7)S6)SC(=C6SC(SC)=C(SC)S6)S5)S4)S3)S2)S1. The van der Waals surface area contributed by atoms with Gasteiger partial charge < -0.3 is 0 Å². The van der Waals surface area contributed by atoms with Crippen LogP contribution in [0.5, 0.6) is 0 Å². The first-order chi connectivity index (χ1) is 51.5. The molecule has 0 aliphatic carbocycles. The van der Waals surface area contributed by atoms with Crippen molar-refractivity contribution in [2.45, 2.75) is 130 Å². The quantitative estimate of drug-likeness (QED) is 0.0420. The number of thioether (sulfide) groups is 40. The standard InChI is InChI=1S/C65H76S40/c1-11-15-19-23-27-72-42-43(73-28-24-20-16-12-2)91-56(90-42)60-102-62-63(103-60)99-58(98-62)52-86-38(70-9)40(88-52)76-31-78-46-48(96-54(94-46)50-82-34(66-5)35(67-6)83-50)80-33-81-49-47(95-55(97-49)51-84-36(68-7)37(69-8)85-51)79-32-77-41-39(71-10)87-53(89-41)59-100-64-65(101-59)105-61(104-64)57-92-44(74-29-25-21-17-13-3)45(93-57)75-30-26-22-18-14-4/h11-33H2,1-10H3. The monoisotopic (exact) mass is 2140 g/mol. The molecule has 0 unspecified atom stereocenters. The zero-order valence-electron chi connectivity index (χ0n) is 58.6. The van der Waals surface area contributed by atoms with Gasteiger partial charge in [0.05, 0.1) is 136 Å². The van der Waals surface area contributed by atoms with Crippen LogP contribution in [0.3, 0.4) is 0 Å². The maximum Gasteiger partial charge on any atom is 0.0718 e. The first-order valence-corrected chi connectivity index (χ1v) is 70.0. The molecule has 12 aliphatic heterocycles. The highest BCUT2D eigenvalue weighted by Crippen LogP contribution is 2.77. The van der Waals surface area contributed by atoms with Gasteiger partial charge in [-0.15, -0.1) is 188 Å². The van der Waals surface area contributed by atoms with Gasteiger partial charge in [0.1, 0.15) is 0 Å². The Morgan fingerprint density at radius 2 is 0.286 bits per heavy atom. The molecule has 0 atom stereocenters. The van der Waals surface area contributed by atoms with Crippen molar-refractivity contribution in [3.8, 4) is 0 Å². The van der Waals surface area contributed by atoms with Crippen LogP contribution < -0.4 is 0 Å². The van der Waals surface area contributed by atoms with Gasteiger partial charge in [0, 0.05) is 15.3 Å². The molecule has 0 spiro atoms. The molecule has 40 heteroatoms. The molecule has 12 rings (SSSR count). The molecule has 0 fully saturated rings. The molecule has 0 aromatic heterocycles. The predicted molar refractivity (Wildman–Crippen MR) is 582 cm³/mol. The van der Waals surface area contributed by atoms with E-state index in [1.54, 1.807) is 16.9 Å². The zero-order valence-corrected chi connectivity index (χ0v) is 91.3. The van der Waals surface area contributed by atoms with Gasteiger partial charge in [-0.25, -0.2) is 0 Å². The summed E-state index contributed by atoms with van der Waals surface area (Å²) in [5.74, 6) is 4.97. The molecule has 0 aromatic rings. The molecule has 0 nitrogen and oxygen atoms in total. The first-order valence-electron chi connectivity index (χ1n) is 33.2. The van der Waals surface area contributed by atoms with Gasteiger partial charge in [0.25, 0.3) is 0 Å². The van der Waals surface area contributed by atoms with Gasteiger partial charge in [-0.3, -0.25) is 0 Å². The molecule has 0 N–H and O–H groups in total. The fraction of sp³-hybridized carbons (Fsp3) is 0.508. The Bertz CT molecular complexity index is 3380. The van der Waals surface area contributed by atoms with Crippen LogP contribution in [-0.2, 0) is 0 Å². The summed E-state index contributed by atoms with van der Waals surface area (Å²) >= 11 is 81.4. The Morgan fingerprint density at radius 3 is 0.448 bits per heavy atom. The van der Waals surface area contributed by atoms with E-state index in [1.165, 1.54) is 244 Å². The summed E-state index contributed by atoms with van der Waals surface area (Å²) in [6.07, 6.45) is 34.9. The van der Waals surface area contributed by atoms with Gasteiger partial charge in [-0.2, -0.15) is 0 Å². The summed E-state index contributed by atoms with van der Waals surface area (Å²) in [6, 6.07) is 0. The van der Waals surface area contributed by atoms with E-state index in [1.807, 2.05) is 306 Å². The van der Waals surface area contributed by atoms with E-state index in [2.05, 4.69) is 230 Å². The van der Waals surface area contributed by atoms with Crippen LogP contribution in [0.4, 0.5) is 0 Å². The second-order valence-corrected chi connectivity index (χ2v) is 70.8. The lowest BCUT2D eigenvalue weighted by Crippen LogP contribution is -1.83. The van der Waals surface area contributed by atoms with E-state index < -0.39 is 0 Å². The Morgan fingerprint density at radius 1 is 0.152 bits per heavy atom. The molecular formula is C65H76S40. The predicted octanol–water partition coefficient (Wildman–Crippen LogP) is 40.5. The lowest BCUT2D eigenvalue weighted by atomic mass is 10.2. The third kappa shape index (κ3) is 27.4. The van der Waals surface area contributed by atoms with Gasteiger partial charge in [0.15, 0.2) is 0 Å².